The van der Waals surface area contributed by atoms with Gasteiger partial charge in [0.05, 0.1) is 12.4 Å². The Balaban J connectivity index is 1.70. The Hall–Kier alpha value is -2.84. The lowest BCUT2D eigenvalue weighted by atomic mass is 9.87. The van der Waals surface area contributed by atoms with E-state index in [-0.39, 0.29) is 17.1 Å². The molecule has 0 aliphatic carbocycles. The van der Waals surface area contributed by atoms with Crippen molar-refractivity contribution in [3.63, 3.8) is 0 Å². The van der Waals surface area contributed by atoms with Gasteiger partial charge in [-0.25, -0.2) is 0 Å². The fraction of sp³-hybridized carbons (Fsp3) is 0.423. The molecule has 1 heterocycles. The number of hydrogen-bond acceptors (Lipinski definition) is 6. The normalized spacial score (nSPS) is 11.4. The molecule has 1 aromatic heterocycles. The smallest absolute Gasteiger partial charge is 0.234 e. The lowest BCUT2D eigenvalue weighted by Gasteiger charge is -2.19. The largest absolute Gasteiger partial charge is 0.494 e. The second-order valence-corrected chi connectivity index (χ2v) is 9.87. The van der Waals surface area contributed by atoms with Crippen LogP contribution in [0.2, 0.25) is 0 Å². The third-order valence-corrected chi connectivity index (χ3v) is 6.20. The molecule has 0 aliphatic rings. The third-order valence-electron chi connectivity index (χ3n) is 5.24. The predicted molar refractivity (Wildman–Crippen MR) is 138 cm³/mol. The van der Waals surface area contributed by atoms with Crippen LogP contribution < -0.4 is 10.1 Å². The Labute approximate surface area is 206 Å². The highest BCUT2D eigenvalue weighted by molar-refractivity contribution is 7.99. The van der Waals surface area contributed by atoms with Crippen molar-refractivity contribution in [2.75, 3.05) is 31.4 Å². The number of methoxy groups -OCH3 is 1. The van der Waals surface area contributed by atoms with Gasteiger partial charge in [-0.05, 0) is 48.6 Å². The number of amides is 1. The van der Waals surface area contributed by atoms with Crippen molar-refractivity contribution in [3.8, 4) is 17.1 Å². The highest BCUT2D eigenvalue weighted by Crippen LogP contribution is 2.28. The van der Waals surface area contributed by atoms with E-state index in [1.807, 2.05) is 31.2 Å². The van der Waals surface area contributed by atoms with Crippen LogP contribution in [0.25, 0.3) is 11.4 Å². The van der Waals surface area contributed by atoms with E-state index in [0.29, 0.717) is 24.9 Å². The molecule has 182 valence electrons. The summed E-state index contributed by atoms with van der Waals surface area (Å²) in [6.07, 6.45) is 0.827. The maximum atomic E-state index is 12.5. The maximum Gasteiger partial charge on any atom is 0.234 e. The van der Waals surface area contributed by atoms with Gasteiger partial charge in [0.15, 0.2) is 11.0 Å². The molecule has 0 fully saturated rings. The fourth-order valence-electron chi connectivity index (χ4n) is 3.43. The summed E-state index contributed by atoms with van der Waals surface area (Å²) < 4.78 is 12.7. The maximum absolute atomic E-state index is 12.5. The summed E-state index contributed by atoms with van der Waals surface area (Å²) in [4.78, 5) is 12.5. The quantitative estimate of drug-likeness (QED) is 0.291. The molecule has 1 amide bonds. The van der Waals surface area contributed by atoms with Crippen LogP contribution in [0.15, 0.2) is 53.7 Å². The molecule has 0 aliphatic heterocycles. The van der Waals surface area contributed by atoms with Gasteiger partial charge < -0.3 is 19.4 Å². The average molecular weight is 483 g/mol. The van der Waals surface area contributed by atoms with Crippen LogP contribution in [-0.4, -0.2) is 46.7 Å². The van der Waals surface area contributed by atoms with Gasteiger partial charge >= 0.3 is 0 Å². The summed E-state index contributed by atoms with van der Waals surface area (Å²) in [5, 5.41) is 12.5. The van der Waals surface area contributed by atoms with Gasteiger partial charge in [0.1, 0.15) is 5.75 Å². The van der Waals surface area contributed by atoms with E-state index in [0.717, 1.165) is 29.2 Å². The summed E-state index contributed by atoms with van der Waals surface area (Å²) in [5.41, 5.74) is 3.09. The number of carbonyl (C=O) groups is 1. The molecule has 0 saturated heterocycles. The van der Waals surface area contributed by atoms with Crippen molar-refractivity contribution >= 4 is 23.4 Å². The number of carbonyl (C=O) groups excluding carboxylic acids is 1. The highest BCUT2D eigenvalue weighted by Gasteiger charge is 2.18. The summed E-state index contributed by atoms with van der Waals surface area (Å²) in [7, 11) is 1.69. The highest BCUT2D eigenvalue weighted by atomic mass is 32.2. The summed E-state index contributed by atoms with van der Waals surface area (Å²) in [6, 6.07) is 15.8. The molecule has 0 bridgehead atoms. The molecule has 0 unspecified atom stereocenters. The lowest BCUT2D eigenvalue weighted by Crippen LogP contribution is -2.15. The second kappa shape index (κ2) is 12.0. The van der Waals surface area contributed by atoms with Gasteiger partial charge in [0.25, 0.3) is 0 Å². The first-order chi connectivity index (χ1) is 16.3. The van der Waals surface area contributed by atoms with Crippen LogP contribution in [0.3, 0.4) is 0 Å². The van der Waals surface area contributed by atoms with Crippen molar-refractivity contribution in [2.24, 2.45) is 0 Å². The predicted octanol–water partition coefficient (Wildman–Crippen LogP) is 5.41. The van der Waals surface area contributed by atoms with Crippen LogP contribution in [-0.2, 0) is 21.5 Å². The molecule has 0 saturated carbocycles. The van der Waals surface area contributed by atoms with Crippen LogP contribution in [0, 0.1) is 0 Å². The van der Waals surface area contributed by atoms with Crippen molar-refractivity contribution in [1.82, 2.24) is 14.8 Å². The molecule has 2 aromatic carbocycles. The number of hydrogen-bond donors (Lipinski definition) is 1. The fourth-order valence-corrected chi connectivity index (χ4v) is 4.19. The number of nitrogens with zero attached hydrogens (tertiary/aromatic N) is 3. The van der Waals surface area contributed by atoms with Crippen molar-refractivity contribution in [1.29, 1.82) is 0 Å². The third kappa shape index (κ3) is 7.08. The summed E-state index contributed by atoms with van der Waals surface area (Å²) in [6.45, 7) is 10.5. The van der Waals surface area contributed by atoms with E-state index in [4.69, 9.17) is 9.47 Å². The van der Waals surface area contributed by atoms with E-state index in [9.17, 15) is 4.79 Å². The molecule has 0 radical (unpaired) electrons. The molecular formula is C26H34N4O3S. The standard InChI is InChI=1S/C26H34N4O3S/c1-6-33-22-14-12-21(13-15-22)27-23(31)18-34-25-29-28-24(30(25)16-7-17-32-5)19-8-10-20(11-9-19)26(2,3)4/h8-15H,6-7,16-18H2,1-5H3,(H,27,31). The molecule has 3 aromatic rings. The Kier molecular flexibility index (Phi) is 9.12. The number of aromatic nitrogens is 3. The summed E-state index contributed by atoms with van der Waals surface area (Å²) >= 11 is 1.38. The first-order valence-corrected chi connectivity index (χ1v) is 12.5. The Bertz CT molecular complexity index is 1060. The Morgan fingerprint density at radius 2 is 1.76 bits per heavy atom. The van der Waals surface area contributed by atoms with E-state index < -0.39 is 0 Å². The Morgan fingerprint density at radius 1 is 1.06 bits per heavy atom. The van der Waals surface area contributed by atoms with E-state index in [1.165, 1.54) is 17.3 Å². The van der Waals surface area contributed by atoms with Gasteiger partial charge in [0, 0.05) is 31.5 Å². The zero-order valence-corrected chi connectivity index (χ0v) is 21.4. The van der Waals surface area contributed by atoms with Gasteiger partial charge in [-0.1, -0.05) is 56.8 Å². The van der Waals surface area contributed by atoms with Gasteiger partial charge in [-0.3, -0.25) is 4.79 Å². The zero-order valence-electron chi connectivity index (χ0n) is 20.6. The molecular weight excluding hydrogens is 448 g/mol. The first kappa shape index (κ1) is 25.8. The second-order valence-electron chi connectivity index (χ2n) is 8.93. The topological polar surface area (TPSA) is 78.3 Å². The van der Waals surface area contributed by atoms with Gasteiger partial charge in [-0.2, -0.15) is 0 Å². The number of anilines is 1. The zero-order chi connectivity index (χ0) is 24.6. The van der Waals surface area contributed by atoms with Crippen LogP contribution >= 0.6 is 11.8 Å². The van der Waals surface area contributed by atoms with Crippen molar-refractivity contribution in [3.05, 3.63) is 54.1 Å². The van der Waals surface area contributed by atoms with Crippen LogP contribution in [0.1, 0.15) is 39.7 Å². The molecule has 7 nitrogen and oxygen atoms in total. The van der Waals surface area contributed by atoms with Crippen LogP contribution in [0.4, 0.5) is 5.69 Å². The molecule has 0 spiro atoms. The number of benzene rings is 2. The minimum Gasteiger partial charge on any atom is -0.494 e. The molecule has 0 atom stereocenters. The van der Waals surface area contributed by atoms with E-state index in [2.05, 4.69) is 65.1 Å². The van der Waals surface area contributed by atoms with Gasteiger partial charge in [0.2, 0.25) is 5.91 Å². The number of nitrogens with one attached hydrogen (secondary N) is 1. The SMILES string of the molecule is CCOc1ccc(NC(=O)CSc2nnc(-c3ccc(C(C)(C)C)cc3)n2CCCOC)cc1. The molecule has 34 heavy (non-hydrogen) atoms. The summed E-state index contributed by atoms with van der Waals surface area (Å²) in [5.74, 6) is 1.71. The first-order valence-electron chi connectivity index (χ1n) is 11.5. The van der Waals surface area contributed by atoms with Crippen molar-refractivity contribution in [2.45, 2.75) is 51.2 Å². The van der Waals surface area contributed by atoms with E-state index in [1.54, 1.807) is 7.11 Å². The Morgan fingerprint density at radius 3 is 2.38 bits per heavy atom. The van der Waals surface area contributed by atoms with Gasteiger partial charge in [-0.15, -0.1) is 10.2 Å². The monoisotopic (exact) mass is 482 g/mol. The molecule has 8 heteroatoms. The molecule has 1 N–H and O–H groups in total. The van der Waals surface area contributed by atoms with Crippen molar-refractivity contribution < 1.29 is 14.3 Å². The van der Waals surface area contributed by atoms with E-state index >= 15 is 0 Å². The average Bonchev–Trinajstić information content (AvgIpc) is 3.21. The number of ether oxygens (including phenoxy) is 2. The number of rotatable bonds is 11. The van der Waals surface area contributed by atoms with Crippen LogP contribution in [0.5, 0.6) is 5.75 Å². The number of thioether (sulfide) groups is 1. The minimum atomic E-state index is -0.100. The lowest BCUT2D eigenvalue weighted by molar-refractivity contribution is -0.113. The minimum absolute atomic E-state index is 0.0857. The molecule has 3 rings (SSSR count).